The van der Waals surface area contributed by atoms with Crippen LogP contribution in [0.2, 0.25) is 5.02 Å². The van der Waals surface area contributed by atoms with Crippen LogP contribution in [-0.4, -0.2) is 51.5 Å². The monoisotopic (exact) mass is 499 g/mol. The molecule has 1 aromatic heterocycles. The van der Waals surface area contributed by atoms with Gasteiger partial charge in [-0.15, -0.1) is 0 Å². The van der Waals surface area contributed by atoms with Crippen molar-refractivity contribution < 1.29 is 18.4 Å². The fourth-order valence-electron chi connectivity index (χ4n) is 3.19. The number of hydrogen-bond donors (Lipinski definition) is 1. The van der Waals surface area contributed by atoms with Gasteiger partial charge in [0.05, 0.1) is 42.0 Å². The van der Waals surface area contributed by atoms with Crippen molar-refractivity contribution in [3.05, 3.63) is 50.7 Å². The molecule has 11 heteroatoms. The van der Waals surface area contributed by atoms with Crippen molar-refractivity contribution in [1.29, 1.82) is 5.26 Å². The summed E-state index contributed by atoms with van der Waals surface area (Å²) < 4.78 is 29.3. The van der Waals surface area contributed by atoms with E-state index in [0.717, 1.165) is 14.9 Å². The second-order valence-corrected chi connectivity index (χ2v) is 8.25. The molecule has 1 aromatic carbocycles. The number of rotatable bonds is 5. The summed E-state index contributed by atoms with van der Waals surface area (Å²) in [5.74, 6) is -4.39. The van der Waals surface area contributed by atoms with Gasteiger partial charge in [-0.2, -0.15) is 10.4 Å². The number of amides is 2. The molecular formula is C19H17BrClF2N5O2. The number of nitrogens with one attached hydrogen (secondary N) is 1. The largest absolute Gasteiger partial charge is 0.343 e. The average Bonchev–Trinajstić information content (AvgIpc) is 3.21. The number of carbonyl (C=O) groups is 2. The lowest BCUT2D eigenvalue weighted by atomic mass is 10.2. The van der Waals surface area contributed by atoms with Crippen LogP contribution in [0.4, 0.5) is 8.78 Å². The molecule has 1 aliphatic rings. The highest BCUT2D eigenvalue weighted by atomic mass is 79.9. The van der Waals surface area contributed by atoms with Crippen LogP contribution >= 0.6 is 27.5 Å². The molecule has 2 amide bonds. The van der Waals surface area contributed by atoms with Crippen molar-refractivity contribution in [3.63, 3.8) is 0 Å². The quantitative estimate of drug-likeness (QED) is 0.683. The predicted molar refractivity (Wildman–Crippen MR) is 108 cm³/mol. The van der Waals surface area contributed by atoms with Crippen molar-refractivity contribution in [2.75, 3.05) is 13.1 Å². The van der Waals surface area contributed by atoms with E-state index in [1.165, 1.54) is 6.20 Å². The highest BCUT2D eigenvalue weighted by Gasteiger charge is 2.47. The van der Waals surface area contributed by atoms with E-state index in [-0.39, 0.29) is 5.56 Å². The molecule has 0 saturated carbocycles. The number of carbonyl (C=O) groups excluding carboxylic acids is 2. The fraction of sp³-hybridized carbons (Fsp3) is 0.368. The number of alkyl halides is 2. The molecule has 3 rings (SSSR count). The lowest BCUT2D eigenvalue weighted by Crippen LogP contribution is -2.43. The number of aryl methyl sites for hydroxylation is 1. The van der Waals surface area contributed by atoms with Crippen LogP contribution in [-0.2, 0) is 11.3 Å². The minimum absolute atomic E-state index is 0.259. The molecule has 1 aliphatic heterocycles. The second kappa shape index (κ2) is 8.70. The number of benzene rings is 1. The van der Waals surface area contributed by atoms with Crippen LogP contribution in [0, 0.1) is 18.3 Å². The standard InChI is InChI=1S/C19H17BrClF2N5O2/c1-11-14(9-27(26-11)8-12-2-3-15(20)16(21)4-12)18(30)25-7-17(29)28-10-19(22,23)5-13(28)6-24/h2-4,9,13H,5,7-8,10H2,1H3,(H,25,30)/t13-/m0/s1. The van der Waals surface area contributed by atoms with Gasteiger partial charge in [0.25, 0.3) is 11.8 Å². The molecule has 2 aromatic rings. The second-order valence-electron chi connectivity index (χ2n) is 6.98. The molecule has 2 heterocycles. The summed E-state index contributed by atoms with van der Waals surface area (Å²) in [6.45, 7) is 0.716. The average molecular weight is 501 g/mol. The highest BCUT2D eigenvalue weighted by Crippen LogP contribution is 2.31. The molecule has 1 atom stereocenters. The molecule has 0 bridgehead atoms. The van der Waals surface area contributed by atoms with E-state index in [1.54, 1.807) is 23.7 Å². The smallest absolute Gasteiger partial charge is 0.268 e. The fourth-order valence-corrected chi connectivity index (χ4v) is 3.64. The molecule has 0 spiro atoms. The van der Waals surface area contributed by atoms with Crippen LogP contribution in [0.15, 0.2) is 28.9 Å². The first-order chi connectivity index (χ1) is 14.1. The van der Waals surface area contributed by atoms with Gasteiger partial charge < -0.3 is 10.2 Å². The number of likely N-dealkylation sites (tertiary alicyclic amines) is 1. The lowest BCUT2D eigenvalue weighted by Gasteiger charge is -2.19. The highest BCUT2D eigenvalue weighted by molar-refractivity contribution is 9.10. The summed E-state index contributed by atoms with van der Waals surface area (Å²) in [7, 11) is 0. The summed E-state index contributed by atoms with van der Waals surface area (Å²) in [4.78, 5) is 25.5. The third kappa shape index (κ3) is 4.96. The summed E-state index contributed by atoms with van der Waals surface area (Å²) in [6, 6.07) is 5.95. The molecule has 0 radical (unpaired) electrons. The minimum atomic E-state index is -3.10. The van der Waals surface area contributed by atoms with Gasteiger partial charge in [0.2, 0.25) is 5.91 Å². The minimum Gasteiger partial charge on any atom is -0.343 e. The maximum absolute atomic E-state index is 13.5. The van der Waals surface area contributed by atoms with Crippen LogP contribution in [0.25, 0.3) is 0 Å². The summed E-state index contributed by atoms with van der Waals surface area (Å²) >= 11 is 9.41. The zero-order chi connectivity index (χ0) is 22.1. The number of halogens is 4. The van der Waals surface area contributed by atoms with E-state index >= 15 is 0 Å². The van der Waals surface area contributed by atoms with Gasteiger partial charge in [0, 0.05) is 17.1 Å². The molecule has 1 N–H and O–H groups in total. The van der Waals surface area contributed by atoms with Gasteiger partial charge in [-0.3, -0.25) is 14.3 Å². The normalized spacial score (nSPS) is 17.6. The zero-order valence-electron chi connectivity index (χ0n) is 15.8. The summed E-state index contributed by atoms with van der Waals surface area (Å²) in [5.41, 5.74) is 1.59. The van der Waals surface area contributed by atoms with Crippen molar-refractivity contribution in [2.45, 2.75) is 31.9 Å². The molecule has 30 heavy (non-hydrogen) atoms. The first kappa shape index (κ1) is 22.2. The molecule has 1 fully saturated rings. The van der Waals surface area contributed by atoms with Gasteiger partial charge in [-0.1, -0.05) is 17.7 Å². The zero-order valence-corrected chi connectivity index (χ0v) is 18.2. The third-order valence-electron chi connectivity index (χ3n) is 4.66. The molecule has 1 saturated heterocycles. The summed E-state index contributed by atoms with van der Waals surface area (Å²) in [5, 5.41) is 16.2. The van der Waals surface area contributed by atoms with Crippen molar-refractivity contribution in [2.24, 2.45) is 0 Å². The molecule has 158 valence electrons. The van der Waals surface area contributed by atoms with Gasteiger partial charge in [-0.05, 0) is 40.5 Å². The number of hydrogen-bond acceptors (Lipinski definition) is 4. The number of aromatic nitrogens is 2. The van der Waals surface area contributed by atoms with Crippen molar-refractivity contribution in [1.82, 2.24) is 20.0 Å². The van der Waals surface area contributed by atoms with Crippen LogP contribution in [0.3, 0.4) is 0 Å². The first-order valence-electron chi connectivity index (χ1n) is 8.93. The van der Waals surface area contributed by atoms with Gasteiger partial charge in [0.15, 0.2) is 0 Å². The lowest BCUT2D eigenvalue weighted by molar-refractivity contribution is -0.131. The van der Waals surface area contributed by atoms with E-state index in [4.69, 9.17) is 16.9 Å². The summed E-state index contributed by atoms with van der Waals surface area (Å²) in [6.07, 6.45) is 0.836. The van der Waals surface area contributed by atoms with Crippen LogP contribution < -0.4 is 5.32 Å². The topological polar surface area (TPSA) is 91.0 Å². The maximum Gasteiger partial charge on any atom is 0.268 e. The van der Waals surface area contributed by atoms with Crippen LogP contribution in [0.5, 0.6) is 0 Å². The SMILES string of the molecule is Cc1nn(Cc2ccc(Br)c(Cl)c2)cc1C(=O)NCC(=O)N1CC(F)(F)C[C@H]1C#N. The molecule has 0 unspecified atom stereocenters. The Morgan fingerprint density at radius 2 is 2.20 bits per heavy atom. The molecule has 7 nitrogen and oxygen atoms in total. The first-order valence-corrected chi connectivity index (χ1v) is 10.1. The van der Waals surface area contributed by atoms with Crippen molar-refractivity contribution >= 4 is 39.3 Å². The Balaban J connectivity index is 1.63. The molecular weight excluding hydrogens is 484 g/mol. The van der Waals surface area contributed by atoms with Gasteiger partial charge >= 0.3 is 0 Å². The van der Waals surface area contributed by atoms with E-state index in [2.05, 4.69) is 26.3 Å². The number of nitrogens with zero attached hydrogens (tertiary/aromatic N) is 4. The Morgan fingerprint density at radius 3 is 2.87 bits per heavy atom. The Morgan fingerprint density at radius 1 is 1.47 bits per heavy atom. The van der Waals surface area contributed by atoms with Crippen LogP contribution in [0.1, 0.15) is 28.0 Å². The molecule has 0 aliphatic carbocycles. The van der Waals surface area contributed by atoms with E-state index < -0.39 is 43.3 Å². The Bertz CT molecular complexity index is 1040. The van der Waals surface area contributed by atoms with E-state index in [1.807, 2.05) is 12.1 Å². The predicted octanol–water partition coefficient (Wildman–Crippen LogP) is 3.15. The van der Waals surface area contributed by atoms with E-state index in [0.29, 0.717) is 17.3 Å². The Hall–Kier alpha value is -2.51. The van der Waals surface area contributed by atoms with Gasteiger partial charge in [0.1, 0.15) is 6.04 Å². The van der Waals surface area contributed by atoms with Crippen molar-refractivity contribution in [3.8, 4) is 6.07 Å². The maximum atomic E-state index is 13.5. The Kier molecular flexibility index (Phi) is 6.43. The number of nitriles is 1. The third-order valence-corrected chi connectivity index (χ3v) is 5.89. The van der Waals surface area contributed by atoms with E-state index in [9.17, 15) is 18.4 Å². The van der Waals surface area contributed by atoms with Gasteiger partial charge in [-0.25, -0.2) is 8.78 Å². The Labute approximate surface area is 184 Å².